The van der Waals surface area contributed by atoms with Crippen LogP contribution in [0.4, 0.5) is 10.8 Å². The minimum atomic E-state index is -0.226. The molecule has 0 radical (unpaired) electrons. The molecular formula is C11H20N4O2S. The molecule has 0 aliphatic carbocycles. The van der Waals surface area contributed by atoms with Gasteiger partial charge in [0.05, 0.1) is 12.6 Å². The smallest absolute Gasteiger partial charge is 0.257 e. The monoisotopic (exact) mass is 272 g/mol. The summed E-state index contributed by atoms with van der Waals surface area (Å²) in [6.45, 7) is 2.68. The summed E-state index contributed by atoms with van der Waals surface area (Å²) in [5.41, 5.74) is 6.13. The fourth-order valence-electron chi connectivity index (χ4n) is 1.68. The SMILES string of the molecule is CCCC(COC)Nc1snc(N)c1C(=O)NC. The Morgan fingerprint density at radius 2 is 2.33 bits per heavy atom. The predicted octanol–water partition coefficient (Wildman–Crippen LogP) is 1.31. The summed E-state index contributed by atoms with van der Waals surface area (Å²) in [5, 5.41) is 6.53. The van der Waals surface area contributed by atoms with Gasteiger partial charge in [0.1, 0.15) is 10.6 Å². The third-order valence-electron chi connectivity index (χ3n) is 2.51. The second-order valence-electron chi connectivity index (χ2n) is 3.94. The predicted molar refractivity (Wildman–Crippen MR) is 74.1 cm³/mol. The standard InChI is InChI=1S/C11H20N4O2S/c1-4-5-7(6-17-3)14-11-8(10(16)13-2)9(12)15-18-11/h7,14H,4-6H2,1-3H3,(H2,12,15)(H,13,16). The van der Waals surface area contributed by atoms with E-state index in [1.807, 2.05) is 0 Å². The van der Waals surface area contributed by atoms with Gasteiger partial charge in [-0.15, -0.1) is 0 Å². The highest BCUT2D eigenvalue weighted by atomic mass is 32.1. The minimum Gasteiger partial charge on any atom is -0.383 e. The number of hydrogen-bond acceptors (Lipinski definition) is 6. The Kier molecular flexibility index (Phi) is 5.87. The van der Waals surface area contributed by atoms with Gasteiger partial charge in [-0.3, -0.25) is 4.79 Å². The molecule has 0 saturated heterocycles. The van der Waals surface area contributed by atoms with E-state index in [0.717, 1.165) is 12.8 Å². The Bertz CT molecular complexity index is 388. The number of amides is 1. The summed E-state index contributed by atoms with van der Waals surface area (Å²) in [5.74, 6) is 0.0333. The molecule has 0 bridgehead atoms. The first-order valence-electron chi connectivity index (χ1n) is 5.86. The Morgan fingerprint density at radius 3 is 2.89 bits per heavy atom. The van der Waals surface area contributed by atoms with Crippen LogP contribution in [0.1, 0.15) is 30.1 Å². The molecule has 4 N–H and O–H groups in total. The molecule has 0 aliphatic heterocycles. The van der Waals surface area contributed by atoms with Crippen molar-refractivity contribution in [2.75, 3.05) is 31.8 Å². The molecule has 0 aromatic carbocycles. The van der Waals surface area contributed by atoms with Crippen LogP contribution in [0.5, 0.6) is 0 Å². The third-order valence-corrected chi connectivity index (χ3v) is 3.31. The number of methoxy groups -OCH3 is 1. The van der Waals surface area contributed by atoms with Crippen LogP contribution >= 0.6 is 11.5 Å². The zero-order chi connectivity index (χ0) is 13.5. The molecule has 1 aromatic rings. The topological polar surface area (TPSA) is 89.3 Å². The number of ether oxygens (including phenoxy) is 1. The zero-order valence-electron chi connectivity index (χ0n) is 10.9. The lowest BCUT2D eigenvalue weighted by Crippen LogP contribution is -2.26. The maximum absolute atomic E-state index is 11.7. The summed E-state index contributed by atoms with van der Waals surface area (Å²) in [6, 6.07) is 0.156. The first kappa shape index (κ1) is 14.7. The molecule has 0 fully saturated rings. The molecule has 1 atom stereocenters. The number of nitrogens with zero attached hydrogens (tertiary/aromatic N) is 1. The van der Waals surface area contributed by atoms with Crippen LogP contribution in [0.15, 0.2) is 0 Å². The molecule has 18 heavy (non-hydrogen) atoms. The van der Waals surface area contributed by atoms with E-state index in [0.29, 0.717) is 17.2 Å². The van der Waals surface area contributed by atoms with Crippen molar-refractivity contribution in [2.24, 2.45) is 0 Å². The van der Waals surface area contributed by atoms with Gasteiger partial charge in [0.25, 0.3) is 5.91 Å². The first-order valence-corrected chi connectivity index (χ1v) is 6.64. The van der Waals surface area contributed by atoms with E-state index in [4.69, 9.17) is 10.5 Å². The molecule has 7 heteroatoms. The van der Waals surface area contributed by atoms with Crippen molar-refractivity contribution in [3.8, 4) is 0 Å². The molecule has 1 heterocycles. The molecule has 1 amide bonds. The summed E-state index contributed by atoms with van der Waals surface area (Å²) < 4.78 is 9.17. The molecule has 0 aliphatic rings. The fraction of sp³-hybridized carbons (Fsp3) is 0.636. The number of hydrogen-bond donors (Lipinski definition) is 3. The quantitative estimate of drug-likeness (QED) is 0.696. The number of rotatable bonds is 7. The Morgan fingerprint density at radius 1 is 1.61 bits per heavy atom. The van der Waals surface area contributed by atoms with Gasteiger partial charge < -0.3 is 21.1 Å². The van der Waals surface area contributed by atoms with Crippen LogP contribution in [0, 0.1) is 0 Å². The largest absolute Gasteiger partial charge is 0.383 e. The fourth-order valence-corrected chi connectivity index (χ4v) is 2.47. The molecule has 0 spiro atoms. The van der Waals surface area contributed by atoms with E-state index >= 15 is 0 Å². The normalized spacial score (nSPS) is 12.2. The van der Waals surface area contributed by atoms with Crippen LogP contribution < -0.4 is 16.4 Å². The van der Waals surface area contributed by atoms with E-state index in [1.165, 1.54) is 11.5 Å². The third kappa shape index (κ3) is 3.58. The molecule has 1 aromatic heterocycles. The van der Waals surface area contributed by atoms with Crippen molar-refractivity contribution < 1.29 is 9.53 Å². The van der Waals surface area contributed by atoms with E-state index in [-0.39, 0.29) is 17.8 Å². The van der Waals surface area contributed by atoms with E-state index in [2.05, 4.69) is 21.9 Å². The lowest BCUT2D eigenvalue weighted by Gasteiger charge is -2.17. The number of nitrogens with two attached hydrogens (primary N) is 1. The number of carbonyl (C=O) groups is 1. The maximum Gasteiger partial charge on any atom is 0.257 e. The zero-order valence-corrected chi connectivity index (χ0v) is 11.8. The second-order valence-corrected chi connectivity index (χ2v) is 4.71. The van der Waals surface area contributed by atoms with Gasteiger partial charge in [0.2, 0.25) is 0 Å². The molecule has 0 saturated carbocycles. The lowest BCUT2D eigenvalue weighted by atomic mass is 10.1. The van der Waals surface area contributed by atoms with Crippen LogP contribution in [-0.4, -0.2) is 37.1 Å². The summed E-state index contributed by atoms with van der Waals surface area (Å²) in [4.78, 5) is 11.7. The van der Waals surface area contributed by atoms with Gasteiger partial charge in [0.15, 0.2) is 5.82 Å². The summed E-state index contributed by atoms with van der Waals surface area (Å²) in [7, 11) is 3.23. The maximum atomic E-state index is 11.7. The number of nitrogens with one attached hydrogen (secondary N) is 2. The van der Waals surface area contributed by atoms with Crippen molar-refractivity contribution >= 4 is 28.3 Å². The number of nitrogen functional groups attached to an aromatic ring is 1. The van der Waals surface area contributed by atoms with Gasteiger partial charge in [-0.05, 0) is 18.0 Å². The van der Waals surface area contributed by atoms with Gasteiger partial charge in [-0.1, -0.05) is 13.3 Å². The highest BCUT2D eigenvalue weighted by molar-refractivity contribution is 7.11. The van der Waals surface area contributed by atoms with Gasteiger partial charge in [-0.25, -0.2) is 0 Å². The van der Waals surface area contributed by atoms with Crippen LogP contribution in [-0.2, 0) is 4.74 Å². The van der Waals surface area contributed by atoms with E-state index in [9.17, 15) is 4.79 Å². The van der Waals surface area contributed by atoms with Crippen molar-refractivity contribution in [1.29, 1.82) is 0 Å². The van der Waals surface area contributed by atoms with Crippen molar-refractivity contribution in [2.45, 2.75) is 25.8 Å². The molecule has 1 rings (SSSR count). The molecule has 6 nitrogen and oxygen atoms in total. The summed E-state index contributed by atoms with van der Waals surface area (Å²) in [6.07, 6.45) is 1.99. The minimum absolute atomic E-state index is 0.156. The van der Waals surface area contributed by atoms with E-state index < -0.39 is 0 Å². The van der Waals surface area contributed by atoms with Crippen molar-refractivity contribution in [1.82, 2.24) is 9.69 Å². The summed E-state index contributed by atoms with van der Waals surface area (Å²) >= 11 is 1.20. The second kappa shape index (κ2) is 7.17. The van der Waals surface area contributed by atoms with Crippen molar-refractivity contribution in [3.05, 3.63) is 5.56 Å². The van der Waals surface area contributed by atoms with Gasteiger partial charge >= 0.3 is 0 Å². The average molecular weight is 272 g/mol. The number of aromatic nitrogens is 1. The Balaban J connectivity index is 2.85. The lowest BCUT2D eigenvalue weighted by molar-refractivity contribution is 0.0965. The number of anilines is 2. The Labute approximate surface area is 111 Å². The molecule has 102 valence electrons. The van der Waals surface area contributed by atoms with Crippen LogP contribution in [0.3, 0.4) is 0 Å². The molecule has 1 unspecified atom stereocenters. The first-order chi connectivity index (χ1) is 8.63. The average Bonchev–Trinajstić information content (AvgIpc) is 2.70. The van der Waals surface area contributed by atoms with E-state index in [1.54, 1.807) is 14.2 Å². The number of carbonyl (C=O) groups excluding carboxylic acids is 1. The highest BCUT2D eigenvalue weighted by Crippen LogP contribution is 2.27. The van der Waals surface area contributed by atoms with Gasteiger partial charge in [-0.2, -0.15) is 4.37 Å². The molecular weight excluding hydrogens is 252 g/mol. The van der Waals surface area contributed by atoms with Crippen LogP contribution in [0.25, 0.3) is 0 Å². The Hall–Kier alpha value is -1.34. The van der Waals surface area contributed by atoms with Crippen molar-refractivity contribution in [3.63, 3.8) is 0 Å². The van der Waals surface area contributed by atoms with Crippen LogP contribution in [0.2, 0.25) is 0 Å². The van der Waals surface area contributed by atoms with Gasteiger partial charge in [0, 0.05) is 14.2 Å². The highest BCUT2D eigenvalue weighted by Gasteiger charge is 2.20.